The van der Waals surface area contributed by atoms with Gasteiger partial charge in [0.15, 0.2) is 0 Å². The summed E-state index contributed by atoms with van der Waals surface area (Å²) in [5.74, 6) is 0.0456. The van der Waals surface area contributed by atoms with E-state index in [9.17, 15) is 9.90 Å². The van der Waals surface area contributed by atoms with Crippen LogP contribution in [0.2, 0.25) is 0 Å². The van der Waals surface area contributed by atoms with E-state index in [1.165, 1.54) is 0 Å². The van der Waals surface area contributed by atoms with Crippen molar-refractivity contribution >= 4 is 5.91 Å². The molecular weight excluding hydrogens is 204 g/mol. The van der Waals surface area contributed by atoms with Gasteiger partial charge in [0.05, 0.1) is 6.61 Å². The summed E-state index contributed by atoms with van der Waals surface area (Å²) in [5.41, 5.74) is 1.10. The number of likely N-dealkylation sites (N-methyl/N-ethyl adjacent to an activating group) is 1. The maximum absolute atomic E-state index is 11.6. The van der Waals surface area contributed by atoms with Crippen molar-refractivity contribution in [3.8, 4) is 0 Å². The lowest BCUT2D eigenvalue weighted by Gasteiger charge is -2.28. The van der Waals surface area contributed by atoms with Crippen LogP contribution in [0, 0.1) is 0 Å². The first-order valence-electron chi connectivity index (χ1n) is 5.84. The molecule has 0 saturated carbocycles. The van der Waals surface area contributed by atoms with E-state index in [4.69, 9.17) is 0 Å². The Morgan fingerprint density at radius 1 is 1.62 bits per heavy atom. The van der Waals surface area contributed by atoms with Gasteiger partial charge in [0.1, 0.15) is 0 Å². The second-order valence-corrected chi connectivity index (χ2v) is 5.12. The van der Waals surface area contributed by atoms with Gasteiger partial charge in [-0.1, -0.05) is 0 Å². The monoisotopic (exact) mass is 224 g/mol. The van der Waals surface area contributed by atoms with Gasteiger partial charge in [0.2, 0.25) is 5.91 Å². The summed E-state index contributed by atoms with van der Waals surface area (Å²) in [6.07, 6.45) is 4.80. The molecule has 0 aromatic carbocycles. The Hall–Kier alpha value is -0.870. The van der Waals surface area contributed by atoms with Crippen LogP contribution in [0.5, 0.6) is 0 Å². The van der Waals surface area contributed by atoms with Crippen LogP contribution in [-0.4, -0.2) is 60.1 Å². The average molecular weight is 224 g/mol. The van der Waals surface area contributed by atoms with Gasteiger partial charge < -0.3 is 10.0 Å². The van der Waals surface area contributed by atoms with E-state index < -0.39 is 0 Å². The third-order valence-corrected chi connectivity index (χ3v) is 3.75. The molecule has 0 bridgehead atoms. The molecule has 2 aliphatic heterocycles. The maximum atomic E-state index is 11.6. The lowest BCUT2D eigenvalue weighted by molar-refractivity contribution is -0.123. The number of hydrogen-bond donors (Lipinski definition) is 1. The van der Waals surface area contributed by atoms with Gasteiger partial charge in [-0.2, -0.15) is 0 Å². The molecule has 0 aliphatic carbocycles. The van der Waals surface area contributed by atoms with Crippen LogP contribution < -0.4 is 0 Å². The van der Waals surface area contributed by atoms with Crippen LogP contribution in [-0.2, 0) is 4.79 Å². The highest BCUT2D eigenvalue weighted by molar-refractivity contribution is 5.88. The maximum Gasteiger partial charge on any atom is 0.246 e. The third-order valence-electron chi connectivity index (χ3n) is 3.75. The predicted octanol–water partition coefficient (Wildman–Crippen LogP) is 0.232. The van der Waals surface area contributed by atoms with Crippen molar-refractivity contribution in [1.82, 2.24) is 9.80 Å². The molecule has 4 nitrogen and oxygen atoms in total. The van der Waals surface area contributed by atoms with Crippen molar-refractivity contribution in [1.29, 1.82) is 0 Å². The molecule has 0 spiro atoms. The van der Waals surface area contributed by atoms with Crippen LogP contribution >= 0.6 is 0 Å². The molecule has 1 N–H and O–H groups in total. The number of aliphatic hydroxyl groups excluding tert-OH is 1. The van der Waals surface area contributed by atoms with Crippen LogP contribution in [0.1, 0.15) is 19.3 Å². The number of nitrogens with zero attached hydrogens (tertiary/aromatic N) is 2. The van der Waals surface area contributed by atoms with Crippen molar-refractivity contribution in [3.05, 3.63) is 11.6 Å². The first kappa shape index (κ1) is 11.6. The molecule has 4 heteroatoms. The molecule has 90 valence electrons. The van der Waals surface area contributed by atoms with Crippen molar-refractivity contribution in [2.45, 2.75) is 24.8 Å². The molecule has 0 aromatic heterocycles. The number of carbonyl (C=O) groups excluding carboxylic acids is 1. The number of aliphatic hydroxyl groups is 1. The molecule has 1 unspecified atom stereocenters. The van der Waals surface area contributed by atoms with Crippen molar-refractivity contribution in [3.63, 3.8) is 0 Å². The Labute approximate surface area is 96.5 Å². The van der Waals surface area contributed by atoms with E-state index in [2.05, 4.69) is 4.90 Å². The first-order chi connectivity index (χ1) is 7.57. The summed E-state index contributed by atoms with van der Waals surface area (Å²) >= 11 is 0. The molecule has 0 radical (unpaired) electrons. The summed E-state index contributed by atoms with van der Waals surface area (Å²) < 4.78 is 0. The fraction of sp³-hybridized carbons (Fsp3) is 0.750. The highest BCUT2D eigenvalue weighted by atomic mass is 16.3. The Bertz CT molecular complexity index is 325. The molecule has 16 heavy (non-hydrogen) atoms. The molecular formula is C12H20N2O2. The van der Waals surface area contributed by atoms with Gasteiger partial charge in [-0.3, -0.25) is 9.69 Å². The van der Waals surface area contributed by atoms with Crippen LogP contribution in [0.25, 0.3) is 0 Å². The summed E-state index contributed by atoms with van der Waals surface area (Å²) in [7, 11) is 3.52. The summed E-state index contributed by atoms with van der Waals surface area (Å²) in [6.45, 7) is 2.11. The number of carbonyl (C=O) groups is 1. The van der Waals surface area contributed by atoms with E-state index in [-0.39, 0.29) is 18.1 Å². The van der Waals surface area contributed by atoms with Gasteiger partial charge in [-0.15, -0.1) is 0 Å². The number of amides is 1. The highest BCUT2D eigenvalue weighted by Crippen LogP contribution is 2.40. The molecule has 1 amide bonds. The van der Waals surface area contributed by atoms with Crippen molar-refractivity contribution < 1.29 is 9.90 Å². The lowest BCUT2D eigenvalue weighted by atomic mass is 9.93. The molecule has 2 rings (SSSR count). The van der Waals surface area contributed by atoms with Crippen molar-refractivity contribution in [2.24, 2.45) is 0 Å². The highest BCUT2D eigenvalue weighted by Gasteiger charge is 2.45. The Balaban J connectivity index is 2.10. The predicted molar refractivity (Wildman–Crippen MR) is 62.0 cm³/mol. The van der Waals surface area contributed by atoms with E-state index in [0.717, 1.165) is 37.9 Å². The minimum atomic E-state index is -0.0571. The third kappa shape index (κ3) is 1.87. The fourth-order valence-electron chi connectivity index (χ4n) is 2.80. The van der Waals surface area contributed by atoms with E-state index >= 15 is 0 Å². The van der Waals surface area contributed by atoms with Gasteiger partial charge in [-0.05, 0) is 31.4 Å². The number of rotatable bonds is 2. The fourth-order valence-corrected chi connectivity index (χ4v) is 2.80. The Morgan fingerprint density at radius 3 is 2.94 bits per heavy atom. The topological polar surface area (TPSA) is 43.8 Å². The largest absolute Gasteiger partial charge is 0.394 e. The van der Waals surface area contributed by atoms with Gasteiger partial charge in [0.25, 0.3) is 0 Å². The molecule has 2 heterocycles. The van der Waals surface area contributed by atoms with Gasteiger partial charge in [-0.25, -0.2) is 0 Å². The lowest BCUT2D eigenvalue weighted by Crippen LogP contribution is -2.41. The van der Waals surface area contributed by atoms with E-state index in [1.54, 1.807) is 25.1 Å². The second-order valence-electron chi connectivity index (χ2n) is 5.12. The normalized spacial score (nSPS) is 32.1. The Morgan fingerprint density at radius 2 is 2.38 bits per heavy atom. The Kier molecular flexibility index (Phi) is 3.04. The number of fused-ring (bicyclic) bond motifs is 1. The van der Waals surface area contributed by atoms with Gasteiger partial charge in [0, 0.05) is 32.3 Å². The molecule has 1 atom stereocenters. The van der Waals surface area contributed by atoms with Crippen LogP contribution in [0.4, 0.5) is 0 Å². The average Bonchev–Trinajstić information content (AvgIpc) is 2.73. The summed E-state index contributed by atoms with van der Waals surface area (Å²) in [6, 6.07) is 0. The zero-order valence-electron chi connectivity index (χ0n) is 10.1. The smallest absolute Gasteiger partial charge is 0.246 e. The summed E-state index contributed by atoms with van der Waals surface area (Å²) in [4.78, 5) is 15.5. The summed E-state index contributed by atoms with van der Waals surface area (Å²) in [5, 5.41) is 9.52. The van der Waals surface area contributed by atoms with E-state index in [0.29, 0.717) is 0 Å². The SMILES string of the molecule is CN(C)C(=O)/C=C1\CN2CCCC2(CO)C1. The molecule has 2 fully saturated rings. The molecule has 0 aromatic rings. The minimum absolute atomic E-state index is 0.0456. The minimum Gasteiger partial charge on any atom is -0.394 e. The number of hydrogen-bond acceptors (Lipinski definition) is 3. The quantitative estimate of drug-likeness (QED) is 0.683. The van der Waals surface area contributed by atoms with Crippen LogP contribution in [0.3, 0.4) is 0 Å². The van der Waals surface area contributed by atoms with E-state index in [1.807, 2.05) is 0 Å². The standard InChI is InChI=1S/C12H20N2O2/c1-13(2)11(16)6-10-7-12(9-15)4-3-5-14(12)8-10/h6,15H,3-5,7-9H2,1-2H3/b10-6-. The van der Waals surface area contributed by atoms with Crippen LogP contribution in [0.15, 0.2) is 11.6 Å². The zero-order chi connectivity index (χ0) is 11.8. The molecule has 2 aliphatic rings. The first-order valence-corrected chi connectivity index (χ1v) is 5.84. The zero-order valence-corrected chi connectivity index (χ0v) is 10.1. The van der Waals surface area contributed by atoms with Crippen molar-refractivity contribution in [2.75, 3.05) is 33.8 Å². The van der Waals surface area contributed by atoms with Gasteiger partial charge >= 0.3 is 0 Å². The second kappa shape index (κ2) is 4.18. The molecule has 2 saturated heterocycles.